The van der Waals surface area contributed by atoms with Crippen molar-refractivity contribution < 1.29 is 19.2 Å². The molecule has 2 atom stereocenters. The van der Waals surface area contributed by atoms with Crippen molar-refractivity contribution in [1.82, 2.24) is 10.4 Å². The van der Waals surface area contributed by atoms with E-state index in [1.54, 1.807) is 0 Å². The Hall–Kier alpha value is -1.54. The van der Waals surface area contributed by atoms with Crippen molar-refractivity contribution in [3.63, 3.8) is 0 Å². The molecule has 1 N–H and O–H groups in total. The van der Waals surface area contributed by atoms with Crippen molar-refractivity contribution in [2.45, 2.75) is 31.5 Å². The topological polar surface area (TPSA) is 67.9 Å². The van der Waals surface area contributed by atoms with Gasteiger partial charge >= 0.3 is 11.3 Å². The van der Waals surface area contributed by atoms with Crippen LogP contribution < -0.4 is 10.1 Å². The Kier molecular flexibility index (Phi) is 8.22. The maximum atomic E-state index is 12.5. The van der Waals surface area contributed by atoms with E-state index in [1.807, 2.05) is 30.3 Å². The standard InChI is InChI=1S/C20H18Cl4N2O4/c21-13-8-15(22)18(16(23)9-13)30-19(27)17-7-6-14(10-25-17)26(20(24)28)29-11-12-4-2-1-3-5-12/h1-5,8-9,14,17,25H,6-7,10-11H2/t14-,17+/m1/s1. The number of nitrogens with one attached hydrogen (secondary N) is 1. The van der Waals surface area contributed by atoms with E-state index in [0.717, 1.165) is 10.6 Å². The number of nitrogens with zero attached hydrogens (tertiary/aromatic N) is 1. The summed E-state index contributed by atoms with van der Waals surface area (Å²) < 4.78 is 5.36. The zero-order chi connectivity index (χ0) is 21.7. The van der Waals surface area contributed by atoms with Gasteiger partial charge in [-0.1, -0.05) is 65.1 Å². The van der Waals surface area contributed by atoms with Crippen LogP contribution in [0.3, 0.4) is 0 Å². The van der Waals surface area contributed by atoms with Crippen LogP contribution in [0.4, 0.5) is 4.79 Å². The molecule has 0 spiro atoms. The molecule has 1 amide bonds. The molecule has 1 heterocycles. The maximum Gasteiger partial charge on any atom is 0.340 e. The molecule has 0 radical (unpaired) electrons. The molecule has 1 aliphatic rings. The second-order valence-corrected chi connectivity index (χ2v) is 8.22. The fraction of sp³-hybridized carbons (Fsp3) is 0.300. The second-order valence-electron chi connectivity index (χ2n) is 6.65. The Morgan fingerprint density at radius 2 is 1.73 bits per heavy atom. The fourth-order valence-corrected chi connectivity index (χ4v) is 4.14. The molecule has 0 aromatic heterocycles. The van der Waals surface area contributed by atoms with Crippen LogP contribution in [0, 0.1) is 0 Å². The van der Waals surface area contributed by atoms with Gasteiger partial charge in [-0.25, -0.2) is 9.86 Å². The smallest absolute Gasteiger partial charge is 0.340 e. The molecule has 1 aliphatic heterocycles. The summed E-state index contributed by atoms with van der Waals surface area (Å²) in [6.45, 7) is 0.504. The first-order valence-corrected chi connectivity index (χ1v) is 10.6. The number of rotatable bonds is 6. The molecule has 3 rings (SSSR count). The van der Waals surface area contributed by atoms with Gasteiger partial charge in [-0.3, -0.25) is 9.63 Å². The minimum Gasteiger partial charge on any atom is -0.422 e. The van der Waals surface area contributed by atoms with Crippen molar-refractivity contribution in [3.05, 3.63) is 63.1 Å². The van der Waals surface area contributed by atoms with Crippen LogP contribution in [-0.4, -0.2) is 35.0 Å². The van der Waals surface area contributed by atoms with Crippen molar-refractivity contribution in [3.8, 4) is 5.75 Å². The van der Waals surface area contributed by atoms with E-state index >= 15 is 0 Å². The molecule has 6 nitrogen and oxygen atoms in total. The van der Waals surface area contributed by atoms with Gasteiger partial charge in [-0.05, 0) is 42.1 Å². The molecule has 1 saturated heterocycles. The van der Waals surface area contributed by atoms with Gasteiger partial charge in [-0.2, -0.15) is 0 Å². The highest BCUT2D eigenvalue weighted by Gasteiger charge is 2.33. The van der Waals surface area contributed by atoms with E-state index in [0.29, 0.717) is 24.4 Å². The molecular weight excluding hydrogens is 474 g/mol. The minimum atomic E-state index is -0.724. The number of carbonyl (C=O) groups is 2. The molecule has 30 heavy (non-hydrogen) atoms. The molecule has 0 unspecified atom stereocenters. The number of carbonyl (C=O) groups excluding carboxylic acids is 2. The minimum absolute atomic E-state index is 0.0559. The van der Waals surface area contributed by atoms with Gasteiger partial charge in [0.15, 0.2) is 5.75 Å². The van der Waals surface area contributed by atoms with Crippen LogP contribution in [0.5, 0.6) is 5.75 Å². The van der Waals surface area contributed by atoms with Crippen molar-refractivity contribution in [2.75, 3.05) is 6.54 Å². The van der Waals surface area contributed by atoms with E-state index in [9.17, 15) is 9.59 Å². The van der Waals surface area contributed by atoms with Gasteiger partial charge in [0.25, 0.3) is 0 Å². The quantitative estimate of drug-likeness (QED) is 0.191. The number of hydrogen-bond acceptors (Lipinski definition) is 5. The third-order valence-electron chi connectivity index (χ3n) is 4.56. The number of esters is 1. The summed E-state index contributed by atoms with van der Waals surface area (Å²) in [5.41, 5.74) is 0.905. The van der Waals surface area contributed by atoms with E-state index in [1.165, 1.54) is 12.1 Å². The Balaban J connectivity index is 1.56. The number of piperidine rings is 1. The lowest BCUT2D eigenvalue weighted by Crippen LogP contribution is -2.53. The maximum absolute atomic E-state index is 12.5. The Labute approximate surface area is 193 Å². The van der Waals surface area contributed by atoms with Crippen LogP contribution >= 0.6 is 46.4 Å². The van der Waals surface area contributed by atoms with E-state index in [2.05, 4.69) is 5.32 Å². The Morgan fingerprint density at radius 3 is 2.30 bits per heavy atom. The number of hydrogen-bond donors (Lipinski definition) is 1. The van der Waals surface area contributed by atoms with Gasteiger partial charge in [0.05, 0.1) is 16.1 Å². The first kappa shape index (κ1) is 23.1. The number of halogens is 4. The van der Waals surface area contributed by atoms with Crippen LogP contribution in [0.15, 0.2) is 42.5 Å². The number of ether oxygens (including phenoxy) is 1. The SMILES string of the molecule is O=C(Oc1c(Cl)cc(Cl)cc1Cl)[C@@H]1CC[C@@H](N(OCc2ccccc2)C(=O)Cl)CN1. The monoisotopic (exact) mass is 490 g/mol. The Bertz CT molecular complexity index is 882. The summed E-state index contributed by atoms with van der Waals surface area (Å²) in [5, 5.41) is 4.09. The predicted molar refractivity (Wildman–Crippen MR) is 116 cm³/mol. The molecule has 1 fully saturated rings. The number of amides is 1. The molecular formula is C20H18Cl4N2O4. The molecule has 2 aromatic rings. The van der Waals surface area contributed by atoms with Gasteiger partial charge in [-0.15, -0.1) is 0 Å². The molecule has 0 saturated carbocycles. The van der Waals surface area contributed by atoms with E-state index in [-0.39, 0.29) is 28.4 Å². The van der Waals surface area contributed by atoms with Crippen molar-refractivity contribution in [1.29, 1.82) is 0 Å². The lowest BCUT2D eigenvalue weighted by Gasteiger charge is -2.34. The van der Waals surface area contributed by atoms with Gasteiger partial charge in [0, 0.05) is 11.6 Å². The van der Waals surface area contributed by atoms with Crippen LogP contribution in [-0.2, 0) is 16.2 Å². The molecule has 0 bridgehead atoms. The van der Waals surface area contributed by atoms with Crippen molar-refractivity contribution in [2.24, 2.45) is 0 Å². The third-order valence-corrected chi connectivity index (χ3v) is 5.50. The predicted octanol–water partition coefficient (Wildman–Crippen LogP) is 5.47. The van der Waals surface area contributed by atoms with Gasteiger partial charge in [0.1, 0.15) is 12.6 Å². The molecule has 2 aromatic carbocycles. The highest BCUT2D eigenvalue weighted by Crippen LogP contribution is 2.36. The number of benzene rings is 2. The highest BCUT2D eigenvalue weighted by molar-refractivity contribution is 6.62. The summed E-state index contributed by atoms with van der Waals surface area (Å²) in [6.07, 6.45) is 0.893. The third kappa shape index (κ3) is 6.00. The Morgan fingerprint density at radius 1 is 1.07 bits per heavy atom. The van der Waals surface area contributed by atoms with E-state index in [4.69, 9.17) is 56.0 Å². The summed E-state index contributed by atoms with van der Waals surface area (Å²) in [4.78, 5) is 29.9. The lowest BCUT2D eigenvalue weighted by atomic mass is 10.0. The van der Waals surface area contributed by atoms with Crippen LogP contribution in [0.25, 0.3) is 0 Å². The highest BCUT2D eigenvalue weighted by atomic mass is 35.5. The first-order valence-electron chi connectivity index (χ1n) is 9.10. The fourth-order valence-electron chi connectivity index (χ4n) is 3.06. The second kappa shape index (κ2) is 10.7. The molecule has 0 aliphatic carbocycles. The lowest BCUT2D eigenvalue weighted by molar-refractivity contribution is -0.155. The van der Waals surface area contributed by atoms with Crippen LogP contribution in [0.2, 0.25) is 15.1 Å². The van der Waals surface area contributed by atoms with Gasteiger partial charge in [0.2, 0.25) is 0 Å². The van der Waals surface area contributed by atoms with Crippen molar-refractivity contribution >= 4 is 57.7 Å². The zero-order valence-electron chi connectivity index (χ0n) is 15.6. The summed E-state index contributed by atoms with van der Waals surface area (Å²) >= 11 is 23.7. The molecule has 10 heteroatoms. The van der Waals surface area contributed by atoms with Crippen LogP contribution in [0.1, 0.15) is 18.4 Å². The summed E-state index contributed by atoms with van der Waals surface area (Å²) in [7, 11) is 0. The average Bonchev–Trinajstić information content (AvgIpc) is 2.71. The summed E-state index contributed by atoms with van der Waals surface area (Å²) in [5.74, 6) is -0.478. The average molecular weight is 492 g/mol. The summed E-state index contributed by atoms with van der Waals surface area (Å²) in [6, 6.07) is 11.4. The normalized spacial score (nSPS) is 18.7. The van der Waals surface area contributed by atoms with E-state index < -0.39 is 17.4 Å². The first-order chi connectivity index (χ1) is 14.3. The zero-order valence-corrected chi connectivity index (χ0v) is 18.6. The van der Waals surface area contributed by atoms with Gasteiger partial charge < -0.3 is 10.1 Å². The largest absolute Gasteiger partial charge is 0.422 e. The number of hydroxylamine groups is 2. The molecule has 160 valence electrons.